The molecule has 2 amide bonds. The number of carbonyl (C=O) groups is 1. The van der Waals surface area contributed by atoms with Crippen LogP contribution in [0, 0.1) is 0 Å². The van der Waals surface area contributed by atoms with Crippen LogP contribution in [0.1, 0.15) is 17.0 Å². The summed E-state index contributed by atoms with van der Waals surface area (Å²) in [5, 5.41) is 8.64. The van der Waals surface area contributed by atoms with E-state index in [1.54, 1.807) is 30.3 Å². The third kappa shape index (κ3) is 5.92. The summed E-state index contributed by atoms with van der Waals surface area (Å²) in [7, 11) is 0. The topological polar surface area (TPSA) is 81.6 Å². The molecule has 12 heteroatoms. The third-order valence-corrected chi connectivity index (χ3v) is 6.44. The van der Waals surface area contributed by atoms with Gasteiger partial charge in [-0.1, -0.05) is 36.4 Å². The molecular formula is C30H21F4N3O5. The summed E-state index contributed by atoms with van der Waals surface area (Å²) in [5.41, 5.74) is 2.46. The summed E-state index contributed by atoms with van der Waals surface area (Å²) >= 11 is 0. The van der Waals surface area contributed by atoms with Gasteiger partial charge >= 0.3 is 18.9 Å². The van der Waals surface area contributed by atoms with E-state index in [9.17, 15) is 22.4 Å². The Morgan fingerprint density at radius 3 is 2.21 bits per heavy atom. The average molecular weight is 580 g/mol. The molecule has 0 bridgehead atoms. The molecule has 214 valence electrons. The Labute approximate surface area is 236 Å². The van der Waals surface area contributed by atoms with Crippen molar-refractivity contribution in [2.24, 2.45) is 5.10 Å². The predicted molar refractivity (Wildman–Crippen MR) is 144 cm³/mol. The maximum atomic E-state index is 13.6. The molecule has 8 nitrogen and oxygen atoms in total. The molecule has 2 heterocycles. The fourth-order valence-corrected chi connectivity index (χ4v) is 4.56. The minimum absolute atomic E-state index is 0.0118. The third-order valence-electron chi connectivity index (χ3n) is 6.44. The molecule has 1 N–H and O–H groups in total. The van der Waals surface area contributed by atoms with Crippen LogP contribution < -0.4 is 24.3 Å². The van der Waals surface area contributed by atoms with Gasteiger partial charge in [0, 0.05) is 11.6 Å². The van der Waals surface area contributed by atoms with Crippen LogP contribution in [-0.2, 0) is 0 Å². The first-order valence-electron chi connectivity index (χ1n) is 12.7. The number of anilines is 1. The van der Waals surface area contributed by atoms with Gasteiger partial charge in [0.1, 0.15) is 17.2 Å². The first kappa shape index (κ1) is 26.9. The molecule has 42 heavy (non-hydrogen) atoms. The second-order valence-corrected chi connectivity index (χ2v) is 9.27. The van der Waals surface area contributed by atoms with Crippen LogP contribution >= 0.6 is 0 Å². The summed E-state index contributed by atoms with van der Waals surface area (Å²) in [6.07, 6.45) is -3.74. The monoisotopic (exact) mass is 579 g/mol. The normalized spacial score (nSPS) is 16.7. The molecule has 0 saturated heterocycles. The Kier molecular flexibility index (Phi) is 7.03. The minimum Gasteiger partial charge on any atom is -0.457 e. The van der Waals surface area contributed by atoms with E-state index in [0.29, 0.717) is 28.5 Å². The fourth-order valence-electron chi connectivity index (χ4n) is 4.56. The Balaban J connectivity index is 1.15. The smallest absolute Gasteiger partial charge is 0.457 e. The average Bonchev–Trinajstić information content (AvgIpc) is 3.55. The zero-order chi connectivity index (χ0) is 29.3. The van der Waals surface area contributed by atoms with E-state index in [1.807, 2.05) is 30.3 Å². The van der Waals surface area contributed by atoms with Gasteiger partial charge in [-0.15, -0.1) is 8.78 Å². The van der Waals surface area contributed by atoms with Gasteiger partial charge in [-0.25, -0.2) is 9.80 Å². The molecule has 0 fully saturated rings. The summed E-state index contributed by atoms with van der Waals surface area (Å²) in [4.78, 5) is 13.2. The fraction of sp³-hybridized carbons (Fsp3) is 0.133. The van der Waals surface area contributed by atoms with Crippen LogP contribution in [0.5, 0.6) is 28.7 Å². The lowest BCUT2D eigenvalue weighted by molar-refractivity contribution is -0.286. The van der Waals surface area contributed by atoms with Crippen LogP contribution in [0.2, 0.25) is 0 Å². The second-order valence-electron chi connectivity index (χ2n) is 9.27. The zero-order valence-corrected chi connectivity index (χ0v) is 21.5. The molecule has 4 aromatic carbocycles. The van der Waals surface area contributed by atoms with Crippen molar-refractivity contribution in [2.75, 3.05) is 11.9 Å². The lowest BCUT2D eigenvalue weighted by atomic mass is 9.90. The lowest BCUT2D eigenvalue weighted by Crippen LogP contribution is -2.30. The first-order chi connectivity index (χ1) is 20.2. The van der Waals surface area contributed by atoms with Gasteiger partial charge in [0.15, 0.2) is 11.5 Å². The summed E-state index contributed by atoms with van der Waals surface area (Å²) < 4.78 is 71.0. The van der Waals surface area contributed by atoms with E-state index in [0.717, 1.165) is 5.56 Å². The largest absolute Gasteiger partial charge is 0.586 e. The van der Waals surface area contributed by atoms with Crippen molar-refractivity contribution < 1.29 is 41.3 Å². The molecule has 0 saturated carbocycles. The molecule has 0 aromatic heterocycles. The molecule has 1 atom stereocenters. The quantitative estimate of drug-likeness (QED) is 0.230. The lowest BCUT2D eigenvalue weighted by Gasteiger charge is -2.16. The van der Waals surface area contributed by atoms with Crippen LogP contribution in [0.25, 0.3) is 0 Å². The van der Waals surface area contributed by atoms with Gasteiger partial charge in [0.2, 0.25) is 0 Å². The number of urea groups is 1. The molecular weight excluding hydrogens is 558 g/mol. The van der Waals surface area contributed by atoms with Crippen molar-refractivity contribution in [3.63, 3.8) is 0 Å². The molecule has 2 aliphatic rings. The number of hydrazone groups is 1. The van der Waals surface area contributed by atoms with Crippen LogP contribution in [0.15, 0.2) is 102 Å². The second kappa shape index (κ2) is 11.0. The summed E-state index contributed by atoms with van der Waals surface area (Å²) in [6.45, 7) is -2.76. The first-order valence-corrected chi connectivity index (χ1v) is 12.7. The number of hydrogen-bond acceptors (Lipinski definition) is 6. The van der Waals surface area contributed by atoms with Gasteiger partial charge in [-0.2, -0.15) is 13.9 Å². The number of nitrogens with zero attached hydrogens (tertiary/aromatic N) is 2. The highest BCUT2D eigenvalue weighted by molar-refractivity contribution is 6.07. The Morgan fingerprint density at radius 1 is 0.881 bits per heavy atom. The van der Waals surface area contributed by atoms with Gasteiger partial charge in [-0.3, -0.25) is 0 Å². The molecule has 1 unspecified atom stereocenters. The molecule has 2 aliphatic heterocycles. The number of hydrogen-bond donors (Lipinski definition) is 1. The van der Waals surface area contributed by atoms with E-state index >= 15 is 0 Å². The van der Waals surface area contributed by atoms with E-state index in [4.69, 9.17) is 4.74 Å². The number of alkyl halides is 4. The van der Waals surface area contributed by atoms with E-state index < -0.39 is 24.9 Å². The van der Waals surface area contributed by atoms with Crippen molar-refractivity contribution in [1.82, 2.24) is 5.01 Å². The van der Waals surface area contributed by atoms with Crippen LogP contribution in [0.3, 0.4) is 0 Å². The minimum atomic E-state index is -3.74. The van der Waals surface area contributed by atoms with E-state index in [2.05, 4.69) is 24.6 Å². The van der Waals surface area contributed by atoms with Crippen LogP contribution in [0.4, 0.5) is 28.0 Å². The maximum absolute atomic E-state index is 13.6. The number of fused-ring (bicyclic) bond motifs is 1. The van der Waals surface area contributed by atoms with Gasteiger partial charge < -0.3 is 24.3 Å². The Morgan fingerprint density at radius 2 is 1.52 bits per heavy atom. The molecule has 4 aromatic rings. The predicted octanol–water partition coefficient (Wildman–Crippen LogP) is 7.44. The molecule has 0 aliphatic carbocycles. The van der Waals surface area contributed by atoms with Gasteiger partial charge in [0.25, 0.3) is 0 Å². The highest BCUT2D eigenvalue weighted by Gasteiger charge is 2.44. The van der Waals surface area contributed by atoms with Crippen molar-refractivity contribution in [2.45, 2.75) is 18.8 Å². The highest BCUT2D eigenvalue weighted by Crippen LogP contribution is 2.43. The summed E-state index contributed by atoms with van der Waals surface area (Å²) in [6, 6.07) is 25.5. The Bertz CT molecular complexity index is 1620. The Hall–Kier alpha value is -5.26. The number of nitrogens with one attached hydrogen (secondary N) is 1. The van der Waals surface area contributed by atoms with Crippen molar-refractivity contribution in [1.29, 1.82) is 0 Å². The zero-order valence-electron chi connectivity index (χ0n) is 21.5. The number of halogens is 4. The number of rotatable bonds is 7. The standard InChI is InChI=1S/C30H21F4N3O5/c31-28(32)40-23-13-11-22(12-14-23)39-21-9-7-20(8-10-21)35-29(38)37-17-24(27(36-37)18-4-2-1-3-5-18)19-6-15-25-26(16-19)42-30(33,34)41-25/h1-16,24,28H,17H2,(H,35,38). The highest BCUT2D eigenvalue weighted by atomic mass is 19.3. The van der Waals surface area contributed by atoms with Crippen molar-refractivity contribution >= 4 is 17.4 Å². The van der Waals surface area contributed by atoms with Crippen molar-refractivity contribution in [3.8, 4) is 28.7 Å². The van der Waals surface area contributed by atoms with Gasteiger partial charge in [0.05, 0.1) is 12.3 Å². The van der Waals surface area contributed by atoms with Gasteiger partial charge in [-0.05, 0) is 71.8 Å². The number of benzene rings is 4. The summed E-state index contributed by atoms with van der Waals surface area (Å²) in [5.74, 6) is 0.292. The van der Waals surface area contributed by atoms with E-state index in [1.165, 1.54) is 41.4 Å². The SMILES string of the molecule is O=C(Nc1ccc(Oc2ccc(OC(F)F)cc2)cc1)N1CC(c2ccc3c(c2)OC(F)(F)O3)C(c2ccccc2)=N1. The number of ether oxygens (including phenoxy) is 4. The number of carbonyl (C=O) groups excluding carboxylic acids is 1. The molecule has 0 spiro atoms. The van der Waals surface area contributed by atoms with Crippen LogP contribution in [-0.4, -0.2) is 36.2 Å². The molecule has 0 radical (unpaired) electrons. The number of amides is 2. The molecule has 6 rings (SSSR count). The van der Waals surface area contributed by atoms with Crippen molar-refractivity contribution in [3.05, 3.63) is 108 Å². The van der Waals surface area contributed by atoms with E-state index in [-0.39, 0.29) is 23.8 Å². The maximum Gasteiger partial charge on any atom is 0.586 e.